The van der Waals surface area contributed by atoms with E-state index >= 15 is 0 Å². The number of hydrogen-bond donors (Lipinski definition) is 1. The Morgan fingerprint density at radius 3 is 2.60 bits per heavy atom. The molecule has 1 fully saturated rings. The Morgan fingerprint density at radius 1 is 1.25 bits per heavy atom. The lowest BCUT2D eigenvalue weighted by Gasteiger charge is -2.34. The third-order valence-electron chi connectivity index (χ3n) is 3.69. The number of hydrogen-bond acceptors (Lipinski definition) is 2. The van der Waals surface area contributed by atoms with Crippen LogP contribution < -0.4 is 10.1 Å². The van der Waals surface area contributed by atoms with E-state index in [1.165, 1.54) is 7.11 Å². The Balaban J connectivity index is 2.14. The van der Waals surface area contributed by atoms with Gasteiger partial charge in [0.2, 0.25) is 0 Å². The SMILES string of the molecule is COc1cc(NC2CCCCC2C(F)(F)F)ccc1Cl. The number of benzene rings is 1. The van der Waals surface area contributed by atoms with Crippen molar-refractivity contribution < 1.29 is 17.9 Å². The fourth-order valence-corrected chi connectivity index (χ4v) is 2.85. The van der Waals surface area contributed by atoms with Crippen molar-refractivity contribution in [3.63, 3.8) is 0 Å². The second-order valence-corrected chi connectivity index (χ2v) is 5.44. The van der Waals surface area contributed by atoms with Crippen LogP contribution in [0.2, 0.25) is 5.02 Å². The predicted octanol–water partition coefficient (Wildman–Crippen LogP) is 4.88. The Morgan fingerprint density at radius 2 is 1.95 bits per heavy atom. The molecule has 0 spiro atoms. The zero-order valence-electron chi connectivity index (χ0n) is 11.1. The average molecular weight is 308 g/mol. The fraction of sp³-hybridized carbons (Fsp3) is 0.571. The van der Waals surface area contributed by atoms with E-state index in [0.29, 0.717) is 29.3 Å². The van der Waals surface area contributed by atoms with Crippen molar-refractivity contribution in [1.82, 2.24) is 0 Å². The van der Waals surface area contributed by atoms with Gasteiger partial charge in [-0.05, 0) is 25.0 Å². The minimum Gasteiger partial charge on any atom is -0.495 e. The largest absolute Gasteiger partial charge is 0.495 e. The van der Waals surface area contributed by atoms with E-state index in [9.17, 15) is 13.2 Å². The molecule has 0 bridgehead atoms. The van der Waals surface area contributed by atoms with E-state index < -0.39 is 18.1 Å². The lowest BCUT2D eigenvalue weighted by atomic mass is 9.84. The predicted molar refractivity (Wildman–Crippen MR) is 73.4 cm³/mol. The minimum atomic E-state index is -4.16. The van der Waals surface area contributed by atoms with Gasteiger partial charge in [-0.2, -0.15) is 13.2 Å². The van der Waals surface area contributed by atoms with Crippen molar-refractivity contribution in [2.75, 3.05) is 12.4 Å². The lowest BCUT2D eigenvalue weighted by molar-refractivity contribution is -0.184. The molecule has 0 aliphatic heterocycles. The summed E-state index contributed by atoms with van der Waals surface area (Å²) in [5.74, 6) is -0.839. The number of ether oxygens (including phenoxy) is 1. The summed E-state index contributed by atoms with van der Waals surface area (Å²) in [6.07, 6.45) is -2.00. The Labute approximate surface area is 121 Å². The summed E-state index contributed by atoms with van der Waals surface area (Å²) in [6.45, 7) is 0. The molecule has 20 heavy (non-hydrogen) atoms. The van der Waals surface area contributed by atoms with Gasteiger partial charge in [0, 0.05) is 17.8 Å². The highest BCUT2D eigenvalue weighted by atomic mass is 35.5. The van der Waals surface area contributed by atoms with Crippen LogP contribution in [0.5, 0.6) is 5.75 Å². The highest BCUT2D eigenvalue weighted by molar-refractivity contribution is 6.32. The summed E-state index contributed by atoms with van der Waals surface area (Å²) in [5.41, 5.74) is 0.604. The van der Waals surface area contributed by atoms with Gasteiger partial charge in [0.25, 0.3) is 0 Å². The van der Waals surface area contributed by atoms with Crippen molar-refractivity contribution in [3.05, 3.63) is 23.2 Å². The van der Waals surface area contributed by atoms with E-state index in [2.05, 4.69) is 5.32 Å². The summed E-state index contributed by atoms with van der Waals surface area (Å²) in [7, 11) is 1.48. The van der Waals surface area contributed by atoms with Gasteiger partial charge in [-0.25, -0.2) is 0 Å². The van der Waals surface area contributed by atoms with Crippen molar-refractivity contribution in [3.8, 4) is 5.75 Å². The molecule has 1 N–H and O–H groups in total. The topological polar surface area (TPSA) is 21.3 Å². The Bertz CT molecular complexity index is 464. The van der Waals surface area contributed by atoms with E-state index in [4.69, 9.17) is 16.3 Å². The van der Waals surface area contributed by atoms with Crippen molar-refractivity contribution in [2.24, 2.45) is 5.92 Å². The molecule has 1 aromatic rings. The van der Waals surface area contributed by atoms with Gasteiger partial charge in [0.05, 0.1) is 18.1 Å². The number of rotatable bonds is 3. The molecular weight excluding hydrogens is 291 g/mol. The van der Waals surface area contributed by atoms with Crippen molar-refractivity contribution in [1.29, 1.82) is 0 Å². The monoisotopic (exact) mass is 307 g/mol. The Kier molecular flexibility index (Phi) is 4.68. The first kappa shape index (κ1) is 15.3. The summed E-state index contributed by atoms with van der Waals surface area (Å²) in [5, 5.41) is 3.42. The first-order chi connectivity index (χ1) is 9.41. The molecule has 0 amide bonds. The van der Waals surface area contributed by atoms with Gasteiger partial charge in [0.1, 0.15) is 5.75 Å². The third kappa shape index (κ3) is 3.51. The molecule has 1 aromatic carbocycles. The van der Waals surface area contributed by atoms with Crippen LogP contribution in [0.15, 0.2) is 18.2 Å². The molecule has 1 saturated carbocycles. The first-order valence-electron chi connectivity index (χ1n) is 6.58. The van der Waals surface area contributed by atoms with E-state index in [0.717, 1.165) is 6.42 Å². The van der Waals surface area contributed by atoms with Crippen LogP contribution in [0.3, 0.4) is 0 Å². The van der Waals surface area contributed by atoms with Crippen LogP contribution in [0, 0.1) is 5.92 Å². The van der Waals surface area contributed by atoms with Gasteiger partial charge in [-0.1, -0.05) is 24.4 Å². The maximum Gasteiger partial charge on any atom is 0.393 e. The van der Waals surface area contributed by atoms with Crippen LogP contribution >= 0.6 is 11.6 Å². The standard InChI is InChI=1S/C14H17ClF3NO/c1-20-13-8-9(6-7-11(13)15)19-12-5-3-2-4-10(12)14(16,17)18/h6-8,10,12,19H,2-5H2,1H3. The molecular formula is C14H17ClF3NO. The van der Waals surface area contributed by atoms with Gasteiger partial charge >= 0.3 is 6.18 Å². The summed E-state index contributed by atoms with van der Waals surface area (Å²) < 4.78 is 44.1. The number of alkyl halides is 3. The zero-order chi connectivity index (χ0) is 14.8. The maximum atomic E-state index is 13.0. The second kappa shape index (κ2) is 6.12. The number of nitrogens with one attached hydrogen (secondary N) is 1. The highest BCUT2D eigenvalue weighted by Gasteiger charge is 2.45. The van der Waals surface area contributed by atoms with Crippen molar-refractivity contribution in [2.45, 2.75) is 37.9 Å². The van der Waals surface area contributed by atoms with Gasteiger partial charge in [-0.3, -0.25) is 0 Å². The number of anilines is 1. The normalized spacial score (nSPS) is 23.4. The Hall–Kier alpha value is -1.10. The molecule has 2 nitrogen and oxygen atoms in total. The molecule has 112 valence electrons. The van der Waals surface area contributed by atoms with E-state index in [-0.39, 0.29) is 6.42 Å². The maximum absolute atomic E-state index is 13.0. The first-order valence-corrected chi connectivity index (χ1v) is 6.96. The third-order valence-corrected chi connectivity index (χ3v) is 4.00. The smallest absolute Gasteiger partial charge is 0.393 e. The van der Waals surface area contributed by atoms with E-state index in [1.54, 1.807) is 18.2 Å². The molecule has 1 aliphatic rings. The quantitative estimate of drug-likeness (QED) is 0.859. The minimum absolute atomic E-state index is 0.186. The molecule has 2 rings (SSSR count). The average Bonchev–Trinajstić information content (AvgIpc) is 2.40. The molecule has 2 atom stereocenters. The summed E-state index contributed by atoms with van der Waals surface area (Å²) in [4.78, 5) is 0. The van der Waals surface area contributed by atoms with Crippen LogP contribution in [0.1, 0.15) is 25.7 Å². The molecule has 6 heteroatoms. The van der Waals surface area contributed by atoms with Crippen LogP contribution in [-0.4, -0.2) is 19.3 Å². The summed E-state index contributed by atoms with van der Waals surface area (Å²) >= 11 is 5.91. The van der Waals surface area contributed by atoms with Crippen LogP contribution in [-0.2, 0) is 0 Å². The van der Waals surface area contributed by atoms with Crippen LogP contribution in [0.25, 0.3) is 0 Å². The molecule has 0 heterocycles. The number of halogens is 4. The molecule has 0 aromatic heterocycles. The van der Waals surface area contributed by atoms with Gasteiger partial charge in [-0.15, -0.1) is 0 Å². The molecule has 2 unspecified atom stereocenters. The van der Waals surface area contributed by atoms with E-state index in [1.807, 2.05) is 0 Å². The molecule has 0 radical (unpaired) electrons. The van der Waals surface area contributed by atoms with Gasteiger partial charge < -0.3 is 10.1 Å². The zero-order valence-corrected chi connectivity index (χ0v) is 11.9. The van der Waals surface area contributed by atoms with Gasteiger partial charge in [0.15, 0.2) is 0 Å². The molecule has 0 saturated heterocycles. The molecule has 1 aliphatic carbocycles. The number of methoxy groups -OCH3 is 1. The lowest BCUT2D eigenvalue weighted by Crippen LogP contribution is -2.41. The summed E-state index contributed by atoms with van der Waals surface area (Å²) in [6, 6.07) is 4.33. The fourth-order valence-electron chi connectivity index (χ4n) is 2.66. The van der Waals surface area contributed by atoms with Crippen LogP contribution in [0.4, 0.5) is 18.9 Å². The highest BCUT2D eigenvalue weighted by Crippen LogP contribution is 2.39. The van der Waals surface area contributed by atoms with Crippen molar-refractivity contribution >= 4 is 17.3 Å². The second-order valence-electron chi connectivity index (χ2n) is 5.03.